The average molecular weight is 494 g/mol. The van der Waals surface area contributed by atoms with Crippen molar-refractivity contribution >= 4 is 40.6 Å². The molecule has 7 nitrogen and oxygen atoms in total. The number of thioether (sulfide) groups is 1. The number of anilines is 2. The number of benzene rings is 3. The lowest BCUT2D eigenvalue weighted by Gasteiger charge is -2.09. The lowest BCUT2D eigenvalue weighted by Crippen LogP contribution is -2.14. The molecule has 9 heteroatoms. The monoisotopic (exact) mass is 493 g/mol. The smallest absolute Gasteiger partial charge is 0.234 e. The highest BCUT2D eigenvalue weighted by Gasteiger charge is 2.12. The van der Waals surface area contributed by atoms with Crippen LogP contribution in [0.15, 0.2) is 84.0 Å². The van der Waals surface area contributed by atoms with Crippen molar-refractivity contribution < 1.29 is 9.53 Å². The third-order valence-electron chi connectivity index (χ3n) is 4.92. The Hall–Kier alpha value is -3.49. The van der Waals surface area contributed by atoms with E-state index in [1.165, 1.54) is 11.8 Å². The zero-order valence-corrected chi connectivity index (χ0v) is 20.1. The van der Waals surface area contributed by atoms with Crippen molar-refractivity contribution in [2.45, 2.75) is 18.3 Å². The van der Waals surface area contributed by atoms with Crippen molar-refractivity contribution in [3.8, 4) is 5.75 Å². The molecule has 1 aromatic heterocycles. The summed E-state index contributed by atoms with van der Waals surface area (Å²) in [6, 6.07) is 24.8. The second-order valence-electron chi connectivity index (χ2n) is 7.46. The Kier molecular flexibility index (Phi) is 8.06. The van der Waals surface area contributed by atoms with Crippen LogP contribution in [-0.4, -0.2) is 26.4 Å². The topological polar surface area (TPSA) is 81.1 Å². The predicted octanol–water partition coefficient (Wildman–Crippen LogP) is 5.39. The molecule has 0 aliphatic carbocycles. The second kappa shape index (κ2) is 11.6. The number of ether oxygens (including phenoxy) is 1. The minimum absolute atomic E-state index is 0.121. The van der Waals surface area contributed by atoms with E-state index >= 15 is 0 Å². The first-order valence-electron chi connectivity index (χ1n) is 10.6. The molecule has 174 valence electrons. The molecule has 3 aromatic carbocycles. The number of nitrogens with one attached hydrogen (secondary N) is 2. The summed E-state index contributed by atoms with van der Waals surface area (Å²) in [5.74, 6) is 1.60. The third kappa shape index (κ3) is 6.76. The molecule has 0 spiro atoms. The molecule has 0 atom stereocenters. The Labute approximate surface area is 207 Å². The van der Waals surface area contributed by atoms with E-state index in [1.807, 2.05) is 90.5 Å². The SMILES string of the molecule is Cn1c(CNc2cccc(Cl)c2)nnc1SCC(=O)Nc1ccc(OCc2ccccc2)cc1. The van der Waals surface area contributed by atoms with Gasteiger partial charge in [-0.1, -0.05) is 59.8 Å². The van der Waals surface area contributed by atoms with Crippen molar-refractivity contribution in [2.75, 3.05) is 16.4 Å². The first-order chi connectivity index (χ1) is 16.6. The predicted molar refractivity (Wildman–Crippen MR) is 136 cm³/mol. The van der Waals surface area contributed by atoms with E-state index in [0.29, 0.717) is 29.0 Å². The van der Waals surface area contributed by atoms with E-state index in [0.717, 1.165) is 22.8 Å². The third-order valence-corrected chi connectivity index (χ3v) is 6.17. The van der Waals surface area contributed by atoms with Crippen LogP contribution in [-0.2, 0) is 25.0 Å². The highest BCUT2D eigenvalue weighted by molar-refractivity contribution is 7.99. The van der Waals surface area contributed by atoms with Crippen LogP contribution in [0.3, 0.4) is 0 Å². The molecule has 1 heterocycles. The minimum Gasteiger partial charge on any atom is -0.489 e. The van der Waals surface area contributed by atoms with Crippen LogP contribution < -0.4 is 15.4 Å². The lowest BCUT2D eigenvalue weighted by atomic mass is 10.2. The number of halogens is 1. The van der Waals surface area contributed by atoms with Gasteiger partial charge in [-0.3, -0.25) is 4.79 Å². The summed E-state index contributed by atoms with van der Waals surface area (Å²) in [6.45, 7) is 0.993. The molecule has 0 saturated heterocycles. The normalized spacial score (nSPS) is 10.6. The van der Waals surface area contributed by atoms with Gasteiger partial charge in [0.25, 0.3) is 0 Å². The summed E-state index contributed by atoms with van der Waals surface area (Å²) < 4.78 is 7.65. The number of hydrogen-bond acceptors (Lipinski definition) is 6. The van der Waals surface area contributed by atoms with Gasteiger partial charge in [-0.25, -0.2) is 0 Å². The Balaban J connectivity index is 1.23. The van der Waals surface area contributed by atoms with E-state index in [9.17, 15) is 4.79 Å². The van der Waals surface area contributed by atoms with Gasteiger partial charge in [-0.2, -0.15) is 0 Å². The summed E-state index contributed by atoms with van der Waals surface area (Å²) in [5.41, 5.74) is 2.71. The molecule has 2 N–H and O–H groups in total. The Morgan fingerprint density at radius 1 is 1.00 bits per heavy atom. The van der Waals surface area contributed by atoms with Crippen LogP contribution in [0.5, 0.6) is 5.75 Å². The summed E-state index contributed by atoms with van der Waals surface area (Å²) in [4.78, 5) is 12.4. The lowest BCUT2D eigenvalue weighted by molar-refractivity contribution is -0.113. The van der Waals surface area contributed by atoms with E-state index in [1.54, 1.807) is 0 Å². The van der Waals surface area contributed by atoms with Crippen LogP contribution in [0.25, 0.3) is 0 Å². The van der Waals surface area contributed by atoms with Crippen molar-refractivity contribution in [1.82, 2.24) is 14.8 Å². The number of carbonyl (C=O) groups is 1. The van der Waals surface area contributed by atoms with Gasteiger partial charge < -0.3 is 19.9 Å². The highest BCUT2D eigenvalue weighted by Crippen LogP contribution is 2.20. The second-order valence-corrected chi connectivity index (χ2v) is 8.84. The van der Waals surface area contributed by atoms with E-state index < -0.39 is 0 Å². The van der Waals surface area contributed by atoms with Gasteiger partial charge in [-0.15, -0.1) is 10.2 Å². The van der Waals surface area contributed by atoms with Gasteiger partial charge in [-0.05, 0) is 48.0 Å². The van der Waals surface area contributed by atoms with Crippen molar-refractivity contribution in [3.63, 3.8) is 0 Å². The zero-order chi connectivity index (χ0) is 23.8. The van der Waals surface area contributed by atoms with Crippen LogP contribution >= 0.6 is 23.4 Å². The molecule has 4 aromatic rings. The van der Waals surface area contributed by atoms with Crippen LogP contribution in [0.1, 0.15) is 11.4 Å². The Morgan fingerprint density at radius 2 is 1.79 bits per heavy atom. The Morgan fingerprint density at radius 3 is 2.56 bits per heavy atom. The first kappa shape index (κ1) is 23.7. The molecule has 0 radical (unpaired) electrons. The molecule has 0 unspecified atom stereocenters. The van der Waals surface area contributed by atoms with Gasteiger partial charge >= 0.3 is 0 Å². The number of amides is 1. The molecule has 4 rings (SSSR count). The van der Waals surface area contributed by atoms with Crippen molar-refractivity contribution in [1.29, 1.82) is 0 Å². The van der Waals surface area contributed by atoms with E-state index in [4.69, 9.17) is 16.3 Å². The fourth-order valence-corrected chi connectivity index (χ4v) is 4.03. The Bertz CT molecular complexity index is 1230. The molecule has 0 aliphatic rings. The largest absolute Gasteiger partial charge is 0.489 e. The molecule has 0 fully saturated rings. The number of carbonyl (C=O) groups excluding carboxylic acids is 1. The number of aromatic nitrogens is 3. The van der Waals surface area contributed by atoms with Crippen LogP contribution in [0.4, 0.5) is 11.4 Å². The maximum absolute atomic E-state index is 12.4. The fraction of sp³-hybridized carbons (Fsp3) is 0.160. The number of nitrogens with zero attached hydrogens (tertiary/aromatic N) is 3. The quantitative estimate of drug-likeness (QED) is 0.288. The van der Waals surface area contributed by atoms with E-state index in [-0.39, 0.29) is 11.7 Å². The molecule has 1 amide bonds. The summed E-state index contributed by atoms with van der Waals surface area (Å²) in [6.07, 6.45) is 0. The maximum atomic E-state index is 12.4. The zero-order valence-electron chi connectivity index (χ0n) is 18.6. The van der Waals surface area contributed by atoms with Crippen LogP contribution in [0.2, 0.25) is 5.02 Å². The van der Waals surface area contributed by atoms with Crippen molar-refractivity contribution in [2.24, 2.45) is 7.05 Å². The fourth-order valence-electron chi connectivity index (χ4n) is 3.11. The highest BCUT2D eigenvalue weighted by atomic mass is 35.5. The minimum atomic E-state index is -0.121. The van der Waals surface area contributed by atoms with E-state index in [2.05, 4.69) is 20.8 Å². The van der Waals surface area contributed by atoms with Gasteiger partial charge in [0.15, 0.2) is 11.0 Å². The average Bonchev–Trinajstić information content (AvgIpc) is 3.21. The molecule has 34 heavy (non-hydrogen) atoms. The molecule has 0 aliphatic heterocycles. The molecular formula is C25H24ClN5O2S. The summed E-state index contributed by atoms with van der Waals surface area (Å²) in [5, 5.41) is 15.9. The van der Waals surface area contributed by atoms with Crippen LogP contribution in [0, 0.1) is 0 Å². The molecular weight excluding hydrogens is 470 g/mol. The standard InChI is InChI=1S/C25H24ClN5O2S/c1-31-23(15-27-21-9-5-8-19(26)14-21)29-30-25(31)34-17-24(32)28-20-10-12-22(13-11-20)33-16-18-6-3-2-4-7-18/h2-14,27H,15-17H2,1H3,(H,28,32). The van der Waals surface area contributed by atoms with Gasteiger partial charge in [0, 0.05) is 23.4 Å². The summed E-state index contributed by atoms with van der Waals surface area (Å²) >= 11 is 7.35. The maximum Gasteiger partial charge on any atom is 0.234 e. The molecule has 0 bridgehead atoms. The molecule has 0 saturated carbocycles. The summed E-state index contributed by atoms with van der Waals surface area (Å²) in [7, 11) is 1.88. The first-order valence-corrected chi connectivity index (χ1v) is 12.0. The van der Waals surface area contributed by atoms with Gasteiger partial charge in [0.1, 0.15) is 12.4 Å². The number of rotatable bonds is 10. The van der Waals surface area contributed by atoms with Gasteiger partial charge in [0.05, 0.1) is 12.3 Å². The van der Waals surface area contributed by atoms with Gasteiger partial charge in [0.2, 0.25) is 5.91 Å². The van der Waals surface area contributed by atoms with Crippen molar-refractivity contribution in [3.05, 3.63) is 95.3 Å². The number of hydrogen-bond donors (Lipinski definition) is 2.